The van der Waals surface area contributed by atoms with Crippen molar-refractivity contribution < 1.29 is 19.8 Å². The maximum atomic E-state index is 12.9. The van der Waals surface area contributed by atoms with Gasteiger partial charge in [0, 0.05) is 43.4 Å². The average molecular weight is 530 g/mol. The van der Waals surface area contributed by atoms with E-state index in [0.717, 1.165) is 12.8 Å². The summed E-state index contributed by atoms with van der Waals surface area (Å²) in [6, 6.07) is 15.0. The molecule has 0 bridgehead atoms. The Morgan fingerprint density at radius 2 is 1.47 bits per heavy atom. The minimum absolute atomic E-state index is 0.0295. The zero-order valence-corrected chi connectivity index (χ0v) is 24.6. The van der Waals surface area contributed by atoms with E-state index in [0.29, 0.717) is 36.2 Å². The lowest BCUT2D eigenvalue weighted by Crippen LogP contribution is -2.42. The Hall–Kier alpha value is -2.74. The molecule has 2 aromatic rings. The molecule has 0 aliphatic carbocycles. The van der Waals surface area contributed by atoms with Gasteiger partial charge in [-0.3, -0.25) is 9.59 Å². The Kier molecular flexibility index (Phi) is 18.8. The molecule has 0 spiro atoms. The number of carbonyl (C=O) groups is 2. The van der Waals surface area contributed by atoms with Gasteiger partial charge in [-0.05, 0) is 62.8 Å². The lowest BCUT2D eigenvalue weighted by Gasteiger charge is -2.26. The summed E-state index contributed by atoms with van der Waals surface area (Å²) in [5.74, 6) is -0.327. The fourth-order valence-corrected chi connectivity index (χ4v) is 3.93. The molecule has 4 N–H and O–H groups in total. The van der Waals surface area contributed by atoms with Gasteiger partial charge in [-0.1, -0.05) is 70.5 Å². The van der Waals surface area contributed by atoms with Gasteiger partial charge in [-0.25, -0.2) is 0 Å². The van der Waals surface area contributed by atoms with Gasteiger partial charge >= 0.3 is 0 Å². The van der Waals surface area contributed by atoms with E-state index >= 15 is 0 Å². The van der Waals surface area contributed by atoms with Gasteiger partial charge in [0.1, 0.15) is 6.73 Å². The third kappa shape index (κ3) is 12.7. The van der Waals surface area contributed by atoms with Gasteiger partial charge in [0.15, 0.2) is 0 Å². The summed E-state index contributed by atoms with van der Waals surface area (Å²) in [6.07, 6.45) is 2.33. The molecule has 0 saturated heterocycles. The fraction of sp³-hybridized carbons (Fsp3) is 0.548. The van der Waals surface area contributed by atoms with Crippen molar-refractivity contribution in [2.45, 2.75) is 73.8 Å². The van der Waals surface area contributed by atoms with Crippen LogP contribution in [0, 0.1) is 19.8 Å². The molecule has 2 unspecified atom stereocenters. The molecule has 2 atom stereocenters. The Labute approximate surface area is 230 Å². The Balaban J connectivity index is 0.00000129. The predicted octanol–water partition coefficient (Wildman–Crippen LogP) is 5.02. The second-order valence-corrected chi connectivity index (χ2v) is 9.43. The molecule has 0 aromatic heterocycles. The average Bonchev–Trinajstić information content (AvgIpc) is 2.92. The molecule has 38 heavy (non-hydrogen) atoms. The number of carbonyl (C=O) groups excluding carboxylic acids is 2. The van der Waals surface area contributed by atoms with Crippen molar-refractivity contribution in [2.75, 3.05) is 33.0 Å². The number of aliphatic hydroxyl groups is 2. The van der Waals surface area contributed by atoms with E-state index in [4.69, 9.17) is 10.8 Å². The van der Waals surface area contributed by atoms with Crippen LogP contribution in [0.15, 0.2) is 48.5 Å². The van der Waals surface area contributed by atoms with Crippen molar-refractivity contribution >= 4 is 11.8 Å². The van der Waals surface area contributed by atoms with Crippen LogP contribution in [-0.4, -0.2) is 70.8 Å². The van der Waals surface area contributed by atoms with Crippen LogP contribution >= 0.6 is 0 Å². The van der Waals surface area contributed by atoms with Crippen LogP contribution in [0.1, 0.15) is 85.7 Å². The molecule has 0 aliphatic heterocycles. The lowest BCUT2D eigenvalue weighted by molar-refractivity contribution is 0.0525. The number of aliphatic hydroxyl groups excluding tert-OH is 2. The van der Waals surface area contributed by atoms with E-state index in [1.807, 2.05) is 57.7 Å². The summed E-state index contributed by atoms with van der Waals surface area (Å²) in [4.78, 5) is 28.8. The molecule has 2 aromatic carbocycles. The van der Waals surface area contributed by atoms with Crippen molar-refractivity contribution in [3.8, 4) is 0 Å². The SMILES string of the molecule is CC.CCCN(CCC)C(=O)c1ccc(C(=O)N(CO)CC(N)CC(C)CO)c(C)c1.Cc1ccccc1. The number of nitrogens with zero attached hydrogens (tertiary/aromatic N) is 2. The number of aryl methyl sites for hydroxylation is 2. The fourth-order valence-electron chi connectivity index (χ4n) is 3.93. The van der Waals surface area contributed by atoms with Gasteiger partial charge in [-0.2, -0.15) is 0 Å². The molecule has 0 saturated carbocycles. The summed E-state index contributed by atoms with van der Waals surface area (Å²) in [6.45, 7) is 15.0. The van der Waals surface area contributed by atoms with Gasteiger partial charge < -0.3 is 25.7 Å². The third-order valence-electron chi connectivity index (χ3n) is 5.85. The lowest BCUT2D eigenvalue weighted by atomic mass is 10.0. The Morgan fingerprint density at radius 1 is 0.895 bits per heavy atom. The number of hydrogen-bond acceptors (Lipinski definition) is 5. The monoisotopic (exact) mass is 529 g/mol. The van der Waals surface area contributed by atoms with E-state index in [-0.39, 0.29) is 36.9 Å². The molecule has 7 heteroatoms. The van der Waals surface area contributed by atoms with E-state index in [2.05, 4.69) is 19.1 Å². The third-order valence-corrected chi connectivity index (χ3v) is 5.85. The summed E-state index contributed by atoms with van der Waals surface area (Å²) in [5, 5.41) is 18.8. The predicted molar refractivity (Wildman–Crippen MR) is 157 cm³/mol. The van der Waals surface area contributed by atoms with Crippen LogP contribution < -0.4 is 5.73 Å². The Morgan fingerprint density at radius 3 is 1.89 bits per heavy atom. The topological polar surface area (TPSA) is 107 Å². The molecule has 0 heterocycles. The van der Waals surface area contributed by atoms with Crippen molar-refractivity contribution in [3.05, 3.63) is 70.8 Å². The minimum atomic E-state index is -0.444. The maximum Gasteiger partial charge on any atom is 0.255 e. The van der Waals surface area contributed by atoms with Crippen molar-refractivity contribution in [1.82, 2.24) is 9.80 Å². The molecule has 7 nitrogen and oxygen atoms in total. The first-order valence-corrected chi connectivity index (χ1v) is 13.9. The summed E-state index contributed by atoms with van der Waals surface area (Å²) in [7, 11) is 0. The van der Waals surface area contributed by atoms with Crippen LogP contribution in [0.5, 0.6) is 0 Å². The van der Waals surface area contributed by atoms with Gasteiger partial charge in [0.2, 0.25) is 0 Å². The largest absolute Gasteiger partial charge is 0.396 e. The standard InChI is InChI=1S/C22H37N3O4.C7H8.C2H6/c1-5-9-24(10-6-2)21(28)18-7-8-20(17(4)12-18)22(29)25(15-27)13-19(23)11-16(3)14-26;1-7-5-3-2-4-6-7;1-2/h7-8,12,16,19,26-27H,5-6,9-11,13-15,23H2,1-4H3;2-6H,1H3;1-2H3. The van der Waals surface area contributed by atoms with Gasteiger partial charge in [0.25, 0.3) is 11.8 Å². The highest BCUT2D eigenvalue weighted by atomic mass is 16.3. The molecule has 0 aliphatic rings. The first-order valence-electron chi connectivity index (χ1n) is 13.9. The van der Waals surface area contributed by atoms with Crippen molar-refractivity contribution in [2.24, 2.45) is 11.7 Å². The number of amides is 2. The second-order valence-electron chi connectivity index (χ2n) is 9.43. The minimum Gasteiger partial charge on any atom is -0.396 e. The van der Waals surface area contributed by atoms with E-state index in [9.17, 15) is 14.7 Å². The normalized spacial score (nSPS) is 11.7. The zero-order chi connectivity index (χ0) is 29.1. The van der Waals surface area contributed by atoms with Crippen LogP contribution in [-0.2, 0) is 0 Å². The Bertz CT molecular complexity index is 915. The first kappa shape index (κ1) is 35.3. The van der Waals surface area contributed by atoms with E-state index in [1.54, 1.807) is 25.1 Å². The van der Waals surface area contributed by atoms with E-state index in [1.165, 1.54) is 10.5 Å². The van der Waals surface area contributed by atoms with E-state index < -0.39 is 6.73 Å². The number of rotatable bonds is 12. The molecule has 2 amide bonds. The molecular weight excluding hydrogens is 478 g/mol. The molecule has 2 rings (SSSR count). The van der Waals surface area contributed by atoms with Crippen LogP contribution in [0.4, 0.5) is 0 Å². The number of hydrogen-bond donors (Lipinski definition) is 3. The zero-order valence-electron chi connectivity index (χ0n) is 24.6. The highest BCUT2D eigenvalue weighted by Gasteiger charge is 2.22. The van der Waals surface area contributed by atoms with Crippen LogP contribution in [0.3, 0.4) is 0 Å². The molecule has 0 radical (unpaired) electrons. The summed E-state index contributed by atoms with van der Waals surface area (Å²) in [5.41, 5.74) is 9.08. The molecule has 214 valence electrons. The summed E-state index contributed by atoms with van der Waals surface area (Å²) >= 11 is 0. The highest BCUT2D eigenvalue weighted by Crippen LogP contribution is 2.17. The molecular formula is C31H51N3O4. The van der Waals surface area contributed by atoms with Crippen molar-refractivity contribution in [3.63, 3.8) is 0 Å². The highest BCUT2D eigenvalue weighted by molar-refractivity contribution is 5.99. The molecule has 0 fully saturated rings. The maximum absolute atomic E-state index is 12.9. The number of nitrogens with two attached hydrogens (primary N) is 1. The number of benzene rings is 2. The first-order chi connectivity index (χ1) is 18.2. The van der Waals surface area contributed by atoms with Gasteiger partial charge in [-0.15, -0.1) is 0 Å². The quantitative estimate of drug-likeness (QED) is 0.335. The second kappa shape index (κ2) is 20.3. The van der Waals surface area contributed by atoms with Crippen LogP contribution in [0.2, 0.25) is 0 Å². The van der Waals surface area contributed by atoms with Gasteiger partial charge in [0.05, 0.1) is 0 Å². The van der Waals surface area contributed by atoms with Crippen LogP contribution in [0.25, 0.3) is 0 Å². The van der Waals surface area contributed by atoms with Crippen molar-refractivity contribution in [1.29, 1.82) is 0 Å². The summed E-state index contributed by atoms with van der Waals surface area (Å²) < 4.78 is 0. The smallest absolute Gasteiger partial charge is 0.255 e.